The lowest BCUT2D eigenvalue weighted by Crippen LogP contribution is -2.40. The number of rotatable bonds is 8. The van der Waals surface area contributed by atoms with E-state index in [0.29, 0.717) is 12.5 Å². The second kappa shape index (κ2) is 11.8. The predicted octanol–water partition coefficient (Wildman–Crippen LogP) is 3.84. The summed E-state index contributed by atoms with van der Waals surface area (Å²) in [5, 5.41) is 6.74. The first kappa shape index (κ1) is 21.3. The van der Waals surface area contributed by atoms with Crippen LogP contribution in [-0.2, 0) is 13.0 Å². The van der Waals surface area contributed by atoms with Crippen molar-refractivity contribution >= 4 is 29.9 Å². The first-order valence-electron chi connectivity index (χ1n) is 8.35. The van der Waals surface area contributed by atoms with E-state index >= 15 is 0 Å². The molecule has 138 valence electrons. The summed E-state index contributed by atoms with van der Waals surface area (Å²) >= 11 is 0. The molecule has 0 unspecified atom stereocenters. The lowest BCUT2D eigenvalue weighted by Gasteiger charge is -2.14. The van der Waals surface area contributed by atoms with E-state index in [1.54, 1.807) is 13.4 Å². The molecule has 2 N–H and O–H groups in total. The molecule has 0 radical (unpaired) electrons. The first-order valence-corrected chi connectivity index (χ1v) is 8.35. The SMILES string of the molecule is COc1cccc(CN=C(NCCc2ccco2)NCC(C)C)c1.I. The van der Waals surface area contributed by atoms with Crippen LogP contribution in [0.3, 0.4) is 0 Å². The molecule has 2 rings (SSSR count). The lowest BCUT2D eigenvalue weighted by atomic mass is 10.2. The van der Waals surface area contributed by atoms with Gasteiger partial charge in [-0.15, -0.1) is 24.0 Å². The van der Waals surface area contributed by atoms with Gasteiger partial charge in [-0.3, -0.25) is 0 Å². The van der Waals surface area contributed by atoms with E-state index in [-0.39, 0.29) is 24.0 Å². The molecule has 0 saturated carbocycles. The van der Waals surface area contributed by atoms with Gasteiger partial charge in [0, 0.05) is 19.5 Å². The Morgan fingerprint density at radius 3 is 2.72 bits per heavy atom. The topological polar surface area (TPSA) is 58.8 Å². The van der Waals surface area contributed by atoms with Crippen molar-refractivity contribution in [2.24, 2.45) is 10.9 Å². The molecule has 0 fully saturated rings. The smallest absolute Gasteiger partial charge is 0.191 e. The maximum absolute atomic E-state index is 5.35. The molecular weight excluding hydrogens is 429 g/mol. The standard InChI is InChI=1S/C19H27N3O2.HI/c1-15(2)13-21-19(20-10-9-17-8-5-11-24-17)22-14-16-6-4-7-18(12-16)23-3;/h4-8,11-12,15H,9-10,13-14H2,1-3H3,(H2,20,21,22);1H. The van der Waals surface area contributed by atoms with Crippen LogP contribution in [0.1, 0.15) is 25.2 Å². The molecule has 1 aromatic carbocycles. The normalized spacial score (nSPS) is 11.1. The molecule has 0 saturated heterocycles. The molecule has 5 nitrogen and oxygen atoms in total. The molecule has 0 bridgehead atoms. The van der Waals surface area contributed by atoms with Crippen LogP contribution >= 0.6 is 24.0 Å². The fourth-order valence-corrected chi connectivity index (χ4v) is 2.18. The van der Waals surface area contributed by atoms with E-state index < -0.39 is 0 Å². The zero-order valence-electron chi connectivity index (χ0n) is 15.1. The molecule has 1 heterocycles. The Kier molecular flexibility index (Phi) is 10.1. The van der Waals surface area contributed by atoms with Crippen LogP contribution in [0.5, 0.6) is 5.75 Å². The number of guanidine groups is 1. The Morgan fingerprint density at radius 2 is 2.04 bits per heavy atom. The van der Waals surface area contributed by atoms with Crippen LogP contribution in [-0.4, -0.2) is 26.2 Å². The van der Waals surface area contributed by atoms with Crippen molar-refractivity contribution in [3.8, 4) is 5.75 Å². The number of ether oxygens (including phenoxy) is 1. The van der Waals surface area contributed by atoms with E-state index in [1.165, 1.54) is 0 Å². The molecule has 0 aliphatic heterocycles. The van der Waals surface area contributed by atoms with Crippen molar-refractivity contribution in [3.63, 3.8) is 0 Å². The highest BCUT2D eigenvalue weighted by Gasteiger charge is 2.02. The Hall–Kier alpha value is -1.70. The summed E-state index contributed by atoms with van der Waals surface area (Å²) in [4.78, 5) is 4.67. The van der Waals surface area contributed by atoms with Crippen LogP contribution in [0.4, 0.5) is 0 Å². The minimum absolute atomic E-state index is 0. The van der Waals surface area contributed by atoms with Crippen molar-refractivity contribution in [1.82, 2.24) is 10.6 Å². The maximum atomic E-state index is 5.35. The quantitative estimate of drug-likeness (QED) is 0.359. The zero-order valence-corrected chi connectivity index (χ0v) is 17.4. The third-order valence-electron chi connectivity index (χ3n) is 3.48. The van der Waals surface area contributed by atoms with Gasteiger partial charge in [0.25, 0.3) is 0 Å². The number of methoxy groups -OCH3 is 1. The monoisotopic (exact) mass is 457 g/mol. The van der Waals surface area contributed by atoms with E-state index in [0.717, 1.165) is 42.5 Å². The summed E-state index contributed by atoms with van der Waals surface area (Å²) in [5.74, 6) is 3.20. The van der Waals surface area contributed by atoms with E-state index in [9.17, 15) is 0 Å². The molecule has 2 aromatic rings. The molecule has 6 heteroatoms. The number of furan rings is 1. The highest BCUT2D eigenvalue weighted by molar-refractivity contribution is 14.0. The number of benzene rings is 1. The van der Waals surface area contributed by atoms with Gasteiger partial charge in [0.15, 0.2) is 5.96 Å². The Morgan fingerprint density at radius 1 is 1.20 bits per heavy atom. The van der Waals surface area contributed by atoms with E-state index in [2.05, 4.69) is 35.5 Å². The summed E-state index contributed by atoms with van der Waals surface area (Å²) in [5.41, 5.74) is 1.12. The molecule has 0 aliphatic carbocycles. The number of halogens is 1. The number of nitrogens with one attached hydrogen (secondary N) is 2. The average molecular weight is 457 g/mol. The van der Waals surface area contributed by atoms with Gasteiger partial charge in [0.2, 0.25) is 0 Å². The van der Waals surface area contributed by atoms with E-state index in [1.807, 2.05) is 30.3 Å². The summed E-state index contributed by atoms with van der Waals surface area (Å²) in [6.45, 7) is 6.61. The zero-order chi connectivity index (χ0) is 17.2. The number of aliphatic imine (C=N–C) groups is 1. The molecule has 0 aliphatic rings. The third-order valence-corrected chi connectivity index (χ3v) is 3.48. The molecule has 25 heavy (non-hydrogen) atoms. The van der Waals surface area contributed by atoms with Gasteiger partial charge in [0.1, 0.15) is 11.5 Å². The van der Waals surface area contributed by atoms with Gasteiger partial charge in [-0.25, -0.2) is 4.99 Å². The van der Waals surface area contributed by atoms with Crippen LogP contribution in [0.15, 0.2) is 52.1 Å². The fourth-order valence-electron chi connectivity index (χ4n) is 2.18. The van der Waals surface area contributed by atoms with Crippen LogP contribution in [0.2, 0.25) is 0 Å². The molecule has 0 amide bonds. The Bertz CT molecular complexity index is 627. The van der Waals surface area contributed by atoms with Crippen molar-refractivity contribution in [2.45, 2.75) is 26.8 Å². The minimum atomic E-state index is 0. The summed E-state index contributed by atoms with van der Waals surface area (Å²) in [7, 11) is 1.67. The largest absolute Gasteiger partial charge is 0.497 e. The summed E-state index contributed by atoms with van der Waals surface area (Å²) < 4.78 is 10.6. The van der Waals surface area contributed by atoms with Crippen molar-refractivity contribution in [3.05, 3.63) is 54.0 Å². The van der Waals surface area contributed by atoms with Crippen molar-refractivity contribution < 1.29 is 9.15 Å². The fraction of sp³-hybridized carbons (Fsp3) is 0.421. The number of hydrogen-bond acceptors (Lipinski definition) is 3. The average Bonchev–Trinajstić information content (AvgIpc) is 3.10. The van der Waals surface area contributed by atoms with Gasteiger partial charge in [-0.2, -0.15) is 0 Å². The number of nitrogens with zero attached hydrogens (tertiary/aromatic N) is 1. The van der Waals surface area contributed by atoms with Gasteiger partial charge in [-0.05, 0) is 35.7 Å². The highest BCUT2D eigenvalue weighted by atomic mass is 127. The third kappa shape index (κ3) is 8.29. The maximum Gasteiger partial charge on any atom is 0.191 e. The summed E-state index contributed by atoms with van der Waals surface area (Å²) in [6, 6.07) is 11.9. The lowest BCUT2D eigenvalue weighted by molar-refractivity contribution is 0.414. The van der Waals surface area contributed by atoms with Gasteiger partial charge < -0.3 is 19.8 Å². The first-order chi connectivity index (χ1) is 11.7. The second-order valence-corrected chi connectivity index (χ2v) is 6.05. The second-order valence-electron chi connectivity index (χ2n) is 6.05. The Balaban J connectivity index is 0.00000312. The Labute approximate surface area is 167 Å². The minimum Gasteiger partial charge on any atom is -0.497 e. The molecule has 1 aromatic heterocycles. The van der Waals surface area contributed by atoms with Crippen LogP contribution in [0, 0.1) is 5.92 Å². The predicted molar refractivity (Wildman–Crippen MR) is 113 cm³/mol. The van der Waals surface area contributed by atoms with E-state index in [4.69, 9.17) is 9.15 Å². The molecular formula is C19H28IN3O2. The number of hydrogen-bond donors (Lipinski definition) is 2. The summed E-state index contributed by atoms with van der Waals surface area (Å²) in [6.07, 6.45) is 2.53. The molecule has 0 spiro atoms. The van der Waals surface area contributed by atoms with Crippen LogP contribution < -0.4 is 15.4 Å². The van der Waals surface area contributed by atoms with Gasteiger partial charge >= 0.3 is 0 Å². The van der Waals surface area contributed by atoms with Crippen molar-refractivity contribution in [2.75, 3.05) is 20.2 Å². The van der Waals surface area contributed by atoms with Crippen molar-refractivity contribution in [1.29, 1.82) is 0 Å². The molecule has 0 atom stereocenters. The van der Waals surface area contributed by atoms with Gasteiger partial charge in [-0.1, -0.05) is 26.0 Å². The highest BCUT2D eigenvalue weighted by Crippen LogP contribution is 2.13. The van der Waals surface area contributed by atoms with Gasteiger partial charge in [0.05, 0.1) is 19.9 Å². The van der Waals surface area contributed by atoms with Crippen LogP contribution in [0.25, 0.3) is 0 Å².